The molecule has 0 spiro atoms. The molecule has 0 aromatic carbocycles. The molecule has 0 radical (unpaired) electrons. The summed E-state index contributed by atoms with van der Waals surface area (Å²) in [6.07, 6.45) is 14.0. The van der Waals surface area contributed by atoms with Crippen molar-refractivity contribution in [3.05, 3.63) is 122 Å². The number of hydrogen-bond acceptors (Lipinski definition) is 8. The van der Waals surface area contributed by atoms with Crippen LogP contribution in [-0.4, -0.2) is 19.9 Å². The smallest absolute Gasteiger partial charge is 0.696 e. The molecule has 0 aliphatic rings. The van der Waals surface area contributed by atoms with Crippen LogP contribution < -0.4 is 0 Å². The predicted octanol–water partition coefficient (Wildman–Crippen LogP) is 4.35. The van der Waals surface area contributed by atoms with Crippen molar-refractivity contribution in [1.82, 2.24) is 19.9 Å². The van der Waals surface area contributed by atoms with Gasteiger partial charge in [-0.25, -0.2) is 10.5 Å². The average Bonchev–Trinajstić information content (AvgIpc) is 2.86. The van der Waals surface area contributed by atoms with Gasteiger partial charge in [0.05, 0.1) is 0 Å². The van der Waals surface area contributed by atoms with E-state index in [0.29, 0.717) is 0 Å². The van der Waals surface area contributed by atoms with Crippen LogP contribution in [0.1, 0.15) is 0 Å². The first-order valence-corrected chi connectivity index (χ1v) is 9.07. The van der Waals surface area contributed by atoms with Gasteiger partial charge in [0.15, 0.2) is 0 Å². The van der Waals surface area contributed by atoms with E-state index in [1.54, 1.807) is 49.6 Å². The van der Waals surface area contributed by atoms with Gasteiger partial charge < -0.3 is 25.3 Å². The van der Waals surface area contributed by atoms with Crippen LogP contribution in [0.4, 0.5) is 0 Å². The molecule has 9 heteroatoms. The van der Waals surface area contributed by atoms with Gasteiger partial charge in [-0.3, -0.25) is 19.9 Å². The Kier molecular flexibility index (Phi) is 35.4. The van der Waals surface area contributed by atoms with Gasteiger partial charge in [-0.1, -0.05) is 35.1 Å². The minimum absolute atomic E-state index is 0. The zero-order chi connectivity index (χ0) is 22.4. The van der Waals surface area contributed by atoms with Crippen molar-refractivity contribution in [3.63, 3.8) is 0 Å². The molecule has 4 aromatic rings. The molecule has 6 nitrogen and oxygen atoms in total. The Bertz CT molecular complexity index is 602. The zero-order valence-corrected chi connectivity index (χ0v) is 19.0. The number of thiocyanates is 2. The van der Waals surface area contributed by atoms with E-state index < -0.39 is 0 Å². The van der Waals surface area contributed by atoms with Crippen LogP contribution in [0.3, 0.4) is 0 Å². The minimum Gasteiger partial charge on any atom is -0.696 e. The molecule has 0 aliphatic heterocycles. The molecular formula is C22H20N6NiS2. The van der Waals surface area contributed by atoms with Gasteiger partial charge in [-0.05, 0) is 48.5 Å². The third-order valence-corrected chi connectivity index (χ3v) is 2.27. The normalized spacial score (nSPS) is 6.65. The van der Waals surface area contributed by atoms with Gasteiger partial charge in [0, 0.05) is 49.6 Å². The molecule has 0 bridgehead atoms. The van der Waals surface area contributed by atoms with Crippen molar-refractivity contribution in [2.45, 2.75) is 0 Å². The summed E-state index contributed by atoms with van der Waals surface area (Å²) < 4.78 is 0. The van der Waals surface area contributed by atoms with Crippen molar-refractivity contribution in [2.24, 2.45) is 0 Å². The summed E-state index contributed by atoms with van der Waals surface area (Å²) in [4.78, 5) is 15.1. The molecule has 0 amide bonds. The Labute approximate surface area is 204 Å². The van der Waals surface area contributed by atoms with Crippen LogP contribution in [0.15, 0.2) is 122 Å². The topological polar surface area (TPSA) is 99.1 Å². The van der Waals surface area contributed by atoms with E-state index >= 15 is 0 Å². The van der Waals surface area contributed by atoms with Gasteiger partial charge in [0.25, 0.3) is 0 Å². The molecule has 0 saturated carbocycles. The van der Waals surface area contributed by atoms with E-state index in [-0.39, 0.29) is 16.5 Å². The van der Waals surface area contributed by atoms with Crippen LogP contribution in [0.2, 0.25) is 0 Å². The van der Waals surface area contributed by atoms with Crippen LogP contribution in [0.5, 0.6) is 0 Å². The summed E-state index contributed by atoms with van der Waals surface area (Å²) in [6, 6.07) is 22.9. The molecule has 0 atom stereocenters. The maximum atomic E-state index is 7.13. The first-order valence-electron chi connectivity index (χ1n) is 8.25. The minimum atomic E-state index is 0. The van der Waals surface area contributed by atoms with Gasteiger partial charge in [0.2, 0.25) is 0 Å². The monoisotopic (exact) mass is 490 g/mol. The zero-order valence-electron chi connectivity index (χ0n) is 16.4. The predicted molar refractivity (Wildman–Crippen MR) is 123 cm³/mol. The molecule has 0 fully saturated rings. The average molecular weight is 491 g/mol. The summed E-state index contributed by atoms with van der Waals surface area (Å²) in [5.41, 5.74) is 0. The van der Waals surface area contributed by atoms with Gasteiger partial charge in [-0.15, -0.1) is 0 Å². The SMILES string of the molecule is N#C[S-].N#C[S-].[Ni+2].c1ccncc1.c1ccncc1.c1ccncc1.c1ccncc1. The Morgan fingerprint density at radius 3 is 0.548 bits per heavy atom. The molecule has 0 saturated heterocycles. The largest absolute Gasteiger partial charge is 2.00 e. The number of nitriles is 2. The van der Waals surface area contributed by atoms with Crippen molar-refractivity contribution in [1.29, 1.82) is 10.5 Å². The van der Waals surface area contributed by atoms with Crippen LogP contribution in [0.25, 0.3) is 0 Å². The maximum absolute atomic E-state index is 7.13. The maximum Gasteiger partial charge on any atom is 2.00 e. The molecule has 0 unspecified atom stereocenters. The molecule has 4 rings (SSSR count). The summed E-state index contributed by atoms with van der Waals surface area (Å²) in [5, 5.41) is 16.9. The van der Waals surface area contributed by atoms with Crippen molar-refractivity contribution in [3.8, 4) is 10.8 Å². The summed E-state index contributed by atoms with van der Waals surface area (Å²) >= 11 is 7.40. The second-order valence-corrected chi connectivity index (χ2v) is 4.65. The van der Waals surface area contributed by atoms with Gasteiger partial charge >= 0.3 is 16.5 Å². The third kappa shape index (κ3) is 37.9. The van der Waals surface area contributed by atoms with Gasteiger partial charge in [0.1, 0.15) is 0 Å². The second kappa shape index (κ2) is 34.1. The molecular weight excluding hydrogens is 471 g/mol. The second-order valence-electron chi connectivity index (χ2n) is 4.28. The third-order valence-electron chi connectivity index (χ3n) is 2.27. The molecule has 160 valence electrons. The number of nitrogens with zero attached hydrogens (tertiary/aromatic N) is 6. The Morgan fingerprint density at radius 1 is 0.387 bits per heavy atom. The quantitative estimate of drug-likeness (QED) is 0.203. The van der Waals surface area contributed by atoms with E-state index in [2.05, 4.69) is 45.2 Å². The number of pyridine rings is 4. The number of hydrogen-bond donors (Lipinski definition) is 0. The fraction of sp³-hybridized carbons (Fsp3) is 0. The van der Waals surface area contributed by atoms with E-state index in [1.165, 1.54) is 10.8 Å². The van der Waals surface area contributed by atoms with E-state index in [9.17, 15) is 0 Å². The summed E-state index contributed by atoms with van der Waals surface area (Å²) in [6.45, 7) is 0. The molecule has 4 heterocycles. The number of rotatable bonds is 0. The molecule has 31 heavy (non-hydrogen) atoms. The van der Waals surface area contributed by atoms with Crippen molar-refractivity contribution in [2.75, 3.05) is 0 Å². The van der Waals surface area contributed by atoms with E-state index in [1.807, 2.05) is 72.8 Å². The summed E-state index contributed by atoms with van der Waals surface area (Å²) in [7, 11) is 0. The van der Waals surface area contributed by atoms with Gasteiger partial charge in [-0.2, -0.15) is 0 Å². The van der Waals surface area contributed by atoms with E-state index in [0.717, 1.165) is 0 Å². The Hall–Kier alpha value is -3.49. The molecule has 4 aromatic heterocycles. The van der Waals surface area contributed by atoms with Crippen LogP contribution in [0, 0.1) is 21.3 Å². The first kappa shape index (κ1) is 32.2. The fourth-order valence-corrected chi connectivity index (χ4v) is 1.25. The Balaban J connectivity index is -0.000000309. The van der Waals surface area contributed by atoms with E-state index in [4.69, 9.17) is 10.5 Å². The van der Waals surface area contributed by atoms with Crippen LogP contribution >= 0.6 is 0 Å². The van der Waals surface area contributed by atoms with Crippen LogP contribution in [-0.2, 0) is 41.7 Å². The molecule has 0 aliphatic carbocycles. The Morgan fingerprint density at radius 2 is 0.516 bits per heavy atom. The van der Waals surface area contributed by atoms with Crippen molar-refractivity contribution >= 4 is 25.3 Å². The summed E-state index contributed by atoms with van der Waals surface area (Å²) in [5.74, 6) is 0. The van der Waals surface area contributed by atoms with Crippen molar-refractivity contribution < 1.29 is 16.5 Å². The standard InChI is InChI=1S/4C5H5N.2CHNS.Ni/c4*1-2-4-6-5-3-1;2*2-1-3;/h4*1-5H;2*3H;/q;;;;;;+2/p-2. The molecule has 0 N–H and O–H groups in total. The number of aromatic nitrogens is 4. The first-order chi connectivity index (χ1) is 14.8. The fourth-order valence-electron chi connectivity index (χ4n) is 1.25.